The molecule has 1 fully saturated rings. The van der Waals surface area contributed by atoms with Gasteiger partial charge < -0.3 is 31.5 Å². The first kappa shape index (κ1) is 28.1. The van der Waals surface area contributed by atoms with Gasteiger partial charge in [-0.25, -0.2) is 9.78 Å². The summed E-state index contributed by atoms with van der Waals surface area (Å²) in [4.78, 5) is 55.8. The highest BCUT2D eigenvalue weighted by atomic mass is 32.1. The second kappa shape index (κ2) is 11.7. The highest BCUT2D eigenvalue weighted by Crippen LogP contribution is 2.43. The Kier molecular flexibility index (Phi) is 7.61. The minimum atomic E-state index is -1.37. The average molecular weight is 598 g/mol. The average Bonchev–Trinajstić information content (AvgIpc) is 3.61. The predicted octanol–water partition coefficient (Wildman–Crippen LogP) is 3.44. The zero-order valence-corrected chi connectivity index (χ0v) is 23.6. The number of rotatable bonds is 7. The van der Waals surface area contributed by atoms with Crippen LogP contribution in [-0.4, -0.2) is 53.0 Å². The summed E-state index contributed by atoms with van der Waals surface area (Å²) < 4.78 is 6.07. The number of thiophene rings is 1. The monoisotopic (exact) mass is 597 g/mol. The number of carboxylic acids is 1. The van der Waals surface area contributed by atoms with Gasteiger partial charge in [-0.1, -0.05) is 12.1 Å². The van der Waals surface area contributed by atoms with Crippen LogP contribution in [0.25, 0.3) is 21.6 Å². The zero-order chi connectivity index (χ0) is 30.1. The molecule has 0 bridgehead atoms. The molecule has 1 saturated heterocycles. The fraction of sp³-hybridized carbons (Fsp3) is 0.194. The largest absolute Gasteiger partial charge is 0.493 e. The Morgan fingerprint density at radius 1 is 1.05 bits per heavy atom. The number of pyridine rings is 1. The van der Waals surface area contributed by atoms with Crippen LogP contribution >= 0.6 is 11.3 Å². The van der Waals surface area contributed by atoms with Crippen LogP contribution in [0.5, 0.6) is 5.75 Å². The molecule has 0 radical (unpaired) electrons. The maximum Gasteiger partial charge on any atom is 0.355 e. The molecule has 1 unspecified atom stereocenters. The highest BCUT2D eigenvalue weighted by Gasteiger charge is 2.28. The maximum absolute atomic E-state index is 13.8. The molecule has 2 aliphatic heterocycles. The summed E-state index contributed by atoms with van der Waals surface area (Å²) in [6.07, 6.45) is 0.815. The number of nitrogens with zero attached hydrogens (tertiary/aromatic N) is 1. The van der Waals surface area contributed by atoms with Crippen molar-refractivity contribution in [1.29, 1.82) is 0 Å². The lowest BCUT2D eigenvalue weighted by atomic mass is 9.93. The van der Waals surface area contributed by atoms with Crippen molar-refractivity contribution < 1.29 is 29.0 Å². The SMILES string of the molecule is NCc1ccc(NC(=O)c2cc3c(cc2-c2ccc(C(=O)NC4CNC(=O)C4)nc2C(=O)O)OCCc2ccsc2-3)cc1. The molecule has 2 aromatic heterocycles. The lowest BCUT2D eigenvalue weighted by Gasteiger charge is -2.17. The van der Waals surface area contributed by atoms with Gasteiger partial charge in [0.15, 0.2) is 5.69 Å². The number of anilines is 1. The normalized spacial score (nSPS) is 15.4. The van der Waals surface area contributed by atoms with Gasteiger partial charge in [0.25, 0.3) is 11.8 Å². The molecule has 4 heterocycles. The van der Waals surface area contributed by atoms with E-state index in [2.05, 4.69) is 20.9 Å². The molecule has 0 aliphatic carbocycles. The number of hydrogen-bond donors (Lipinski definition) is 5. The number of nitrogens with one attached hydrogen (secondary N) is 3. The van der Waals surface area contributed by atoms with Crippen molar-refractivity contribution >= 4 is 40.7 Å². The van der Waals surface area contributed by atoms with Crippen LogP contribution < -0.4 is 26.4 Å². The molecule has 2 aromatic carbocycles. The predicted molar refractivity (Wildman–Crippen MR) is 160 cm³/mol. The number of carbonyl (C=O) groups excluding carboxylic acids is 3. The first-order valence-electron chi connectivity index (χ1n) is 13.6. The topological polar surface area (TPSA) is 173 Å². The first-order chi connectivity index (χ1) is 20.8. The quantitative estimate of drug-likeness (QED) is 0.215. The van der Waals surface area contributed by atoms with Gasteiger partial charge in [-0.2, -0.15) is 0 Å². The number of aromatic nitrogens is 1. The number of benzene rings is 2. The molecular formula is C31H27N5O6S. The number of ether oxygens (including phenoxy) is 1. The fourth-order valence-electron chi connectivity index (χ4n) is 5.18. The molecular weight excluding hydrogens is 570 g/mol. The Balaban J connectivity index is 1.44. The molecule has 6 N–H and O–H groups in total. The van der Waals surface area contributed by atoms with Crippen molar-refractivity contribution in [2.45, 2.75) is 25.4 Å². The number of amides is 3. The van der Waals surface area contributed by atoms with E-state index < -0.39 is 29.5 Å². The Hall–Kier alpha value is -5.07. The highest BCUT2D eigenvalue weighted by molar-refractivity contribution is 7.13. The Morgan fingerprint density at radius 2 is 1.86 bits per heavy atom. The van der Waals surface area contributed by atoms with Crippen molar-refractivity contribution in [3.05, 3.63) is 88.1 Å². The van der Waals surface area contributed by atoms with Gasteiger partial charge in [0, 0.05) is 58.7 Å². The van der Waals surface area contributed by atoms with Crippen molar-refractivity contribution in [3.8, 4) is 27.3 Å². The summed E-state index contributed by atoms with van der Waals surface area (Å²) >= 11 is 1.54. The molecule has 12 heteroatoms. The van der Waals surface area contributed by atoms with Gasteiger partial charge in [-0.15, -0.1) is 11.3 Å². The van der Waals surface area contributed by atoms with E-state index in [1.54, 1.807) is 24.3 Å². The van der Waals surface area contributed by atoms with Gasteiger partial charge in [-0.05, 0) is 59.0 Å². The second-order valence-corrected chi connectivity index (χ2v) is 11.1. The van der Waals surface area contributed by atoms with Crippen LogP contribution in [0.1, 0.15) is 48.9 Å². The van der Waals surface area contributed by atoms with Crippen molar-refractivity contribution in [3.63, 3.8) is 0 Å². The first-order valence-corrected chi connectivity index (χ1v) is 14.5. The van der Waals surface area contributed by atoms with Crippen LogP contribution in [0, 0.1) is 0 Å². The molecule has 11 nitrogen and oxygen atoms in total. The van der Waals surface area contributed by atoms with E-state index in [4.69, 9.17) is 10.5 Å². The Bertz CT molecular complexity index is 1770. The fourth-order valence-corrected chi connectivity index (χ4v) is 6.16. The van der Waals surface area contributed by atoms with Gasteiger partial charge in [0.1, 0.15) is 11.4 Å². The Labute approximate surface area is 250 Å². The number of nitrogens with two attached hydrogens (primary N) is 1. The molecule has 2 aliphatic rings. The number of aromatic carboxylic acids is 1. The van der Waals surface area contributed by atoms with Crippen LogP contribution in [0.15, 0.2) is 60.0 Å². The van der Waals surface area contributed by atoms with Crippen LogP contribution in [0.2, 0.25) is 0 Å². The molecule has 0 saturated carbocycles. The van der Waals surface area contributed by atoms with E-state index >= 15 is 0 Å². The third kappa shape index (κ3) is 5.70. The van der Waals surface area contributed by atoms with Gasteiger partial charge in [0.05, 0.1) is 12.6 Å². The number of carbonyl (C=O) groups is 4. The molecule has 43 heavy (non-hydrogen) atoms. The van der Waals surface area contributed by atoms with E-state index in [0.29, 0.717) is 31.0 Å². The summed E-state index contributed by atoms with van der Waals surface area (Å²) in [5.74, 6) is -2.11. The Morgan fingerprint density at radius 3 is 2.58 bits per heavy atom. The minimum Gasteiger partial charge on any atom is -0.493 e. The summed E-state index contributed by atoms with van der Waals surface area (Å²) in [5.41, 5.74) is 9.10. The lowest BCUT2D eigenvalue weighted by molar-refractivity contribution is -0.119. The van der Waals surface area contributed by atoms with E-state index in [9.17, 15) is 24.3 Å². The molecule has 4 aromatic rings. The van der Waals surface area contributed by atoms with Gasteiger partial charge in [-0.3, -0.25) is 14.4 Å². The van der Waals surface area contributed by atoms with Crippen LogP contribution in [0.4, 0.5) is 5.69 Å². The van der Waals surface area contributed by atoms with Crippen LogP contribution in [-0.2, 0) is 17.8 Å². The van der Waals surface area contributed by atoms with Crippen molar-refractivity contribution in [1.82, 2.24) is 15.6 Å². The molecule has 3 amide bonds. The summed E-state index contributed by atoms with van der Waals surface area (Å²) in [5, 5.41) is 20.4. The smallest absolute Gasteiger partial charge is 0.355 e. The molecule has 6 rings (SSSR count). The van der Waals surface area contributed by atoms with Crippen LogP contribution in [0.3, 0.4) is 0 Å². The molecule has 218 valence electrons. The second-order valence-electron chi connectivity index (χ2n) is 10.2. The molecule has 1 atom stereocenters. The summed E-state index contributed by atoms with van der Waals surface area (Å²) in [6.45, 7) is 1.06. The van der Waals surface area contributed by atoms with E-state index in [0.717, 1.165) is 21.6 Å². The van der Waals surface area contributed by atoms with Gasteiger partial charge >= 0.3 is 5.97 Å². The number of carboxylic acid groups (broad SMARTS) is 1. The van der Waals surface area contributed by atoms with Gasteiger partial charge in [0.2, 0.25) is 5.91 Å². The van der Waals surface area contributed by atoms with Crippen molar-refractivity contribution in [2.75, 3.05) is 18.5 Å². The summed E-state index contributed by atoms with van der Waals surface area (Å²) in [6, 6.07) is 15.0. The molecule has 0 spiro atoms. The minimum absolute atomic E-state index is 0.124. The van der Waals surface area contributed by atoms with Crippen molar-refractivity contribution in [2.24, 2.45) is 5.73 Å². The van der Waals surface area contributed by atoms with E-state index in [-0.39, 0.29) is 41.3 Å². The van der Waals surface area contributed by atoms with E-state index in [1.807, 2.05) is 23.6 Å². The maximum atomic E-state index is 13.8. The lowest BCUT2D eigenvalue weighted by Crippen LogP contribution is -2.36. The third-order valence-electron chi connectivity index (χ3n) is 7.37. The van der Waals surface area contributed by atoms with E-state index in [1.165, 1.54) is 23.5 Å². The summed E-state index contributed by atoms with van der Waals surface area (Å²) in [7, 11) is 0. The number of fused-ring (bicyclic) bond motifs is 3. The number of hydrogen-bond acceptors (Lipinski definition) is 8. The standard InChI is InChI=1S/C31H27N5O6S/c32-14-16-1-3-18(4-2-16)34-29(38)22-12-23-25(42-9-7-17-8-10-43-28(17)23)13-21(22)20-5-6-24(36-27(20)31(40)41)30(39)35-19-11-26(37)33-15-19/h1-6,8,10,12-13,19H,7,9,11,14-15,32H2,(H,33,37)(H,34,38)(H,35,39)(H,40,41). The zero-order valence-electron chi connectivity index (χ0n) is 22.8. The third-order valence-corrected chi connectivity index (χ3v) is 8.36.